The first kappa shape index (κ1) is 17.0. The third-order valence-electron chi connectivity index (χ3n) is 6.00. The number of hydrogen-bond donors (Lipinski definition) is 1. The summed E-state index contributed by atoms with van der Waals surface area (Å²) in [4.78, 5) is 27.4. The molecule has 2 aliphatic rings. The van der Waals surface area contributed by atoms with Gasteiger partial charge in [-0.05, 0) is 35.4 Å². The number of carbonyl (C=O) groups excluding carboxylic acids is 2. The number of anilines is 1. The molecule has 3 aromatic carbocycles. The summed E-state index contributed by atoms with van der Waals surface area (Å²) in [6, 6.07) is 22.4. The molecule has 140 valence electrons. The smallest absolute Gasteiger partial charge is 0.227 e. The fourth-order valence-corrected chi connectivity index (χ4v) is 4.56. The summed E-state index contributed by atoms with van der Waals surface area (Å²) in [7, 11) is 0. The molecule has 0 spiro atoms. The average molecular weight is 370 g/mol. The Morgan fingerprint density at radius 3 is 2.68 bits per heavy atom. The fraction of sp³-hybridized carbons (Fsp3) is 0.250. The summed E-state index contributed by atoms with van der Waals surface area (Å²) in [5.41, 5.74) is 3.42. The van der Waals surface area contributed by atoms with Crippen molar-refractivity contribution in [1.82, 2.24) is 5.32 Å². The molecular formula is C24H22N2O2. The van der Waals surface area contributed by atoms with E-state index in [1.807, 2.05) is 54.6 Å². The zero-order valence-corrected chi connectivity index (χ0v) is 15.6. The molecule has 0 unspecified atom stereocenters. The molecule has 0 radical (unpaired) electrons. The van der Waals surface area contributed by atoms with Gasteiger partial charge in [0.05, 0.1) is 17.6 Å². The second-order valence-electron chi connectivity index (χ2n) is 7.70. The molecule has 1 aliphatic carbocycles. The lowest BCUT2D eigenvalue weighted by Crippen LogP contribution is -2.34. The molecule has 0 saturated carbocycles. The number of hydrogen-bond acceptors (Lipinski definition) is 2. The lowest BCUT2D eigenvalue weighted by atomic mass is 10.0. The first-order valence-electron chi connectivity index (χ1n) is 9.87. The standard InChI is InChI=1S/C24H22N2O2/c27-23-14-18(24(28)25-21-13-12-17-7-1-3-9-19(17)21)15-26(23)22-11-5-8-16-6-2-4-10-20(16)22/h1-11,18,21H,12-15H2,(H,25,28)/t18-,21+/m0/s1. The second kappa shape index (κ2) is 6.79. The van der Waals surface area contributed by atoms with Gasteiger partial charge in [-0.2, -0.15) is 0 Å². The van der Waals surface area contributed by atoms with Crippen LogP contribution < -0.4 is 10.2 Å². The summed E-state index contributed by atoms with van der Waals surface area (Å²) < 4.78 is 0. The Hall–Kier alpha value is -3.14. The Bertz CT molecular complexity index is 1070. The maximum absolute atomic E-state index is 12.9. The monoisotopic (exact) mass is 370 g/mol. The number of benzene rings is 3. The van der Waals surface area contributed by atoms with Gasteiger partial charge in [0.1, 0.15) is 0 Å². The van der Waals surface area contributed by atoms with E-state index in [1.54, 1.807) is 4.90 Å². The molecule has 3 aromatic rings. The van der Waals surface area contributed by atoms with E-state index in [4.69, 9.17) is 0 Å². The van der Waals surface area contributed by atoms with E-state index in [0.29, 0.717) is 6.54 Å². The number of aryl methyl sites for hydroxylation is 1. The number of carbonyl (C=O) groups is 2. The van der Waals surface area contributed by atoms with Crippen molar-refractivity contribution in [2.75, 3.05) is 11.4 Å². The van der Waals surface area contributed by atoms with Crippen LogP contribution >= 0.6 is 0 Å². The van der Waals surface area contributed by atoms with Gasteiger partial charge < -0.3 is 10.2 Å². The van der Waals surface area contributed by atoms with Crippen molar-refractivity contribution in [2.45, 2.75) is 25.3 Å². The van der Waals surface area contributed by atoms with Gasteiger partial charge in [-0.15, -0.1) is 0 Å². The molecule has 5 rings (SSSR count). The van der Waals surface area contributed by atoms with Crippen molar-refractivity contribution in [3.8, 4) is 0 Å². The highest BCUT2D eigenvalue weighted by Gasteiger charge is 2.37. The maximum atomic E-state index is 12.9. The normalized spacial score (nSPS) is 21.1. The lowest BCUT2D eigenvalue weighted by molar-refractivity contribution is -0.127. The van der Waals surface area contributed by atoms with E-state index < -0.39 is 0 Å². The first-order valence-corrected chi connectivity index (χ1v) is 9.87. The second-order valence-corrected chi connectivity index (χ2v) is 7.70. The van der Waals surface area contributed by atoms with Crippen LogP contribution in [0.15, 0.2) is 66.7 Å². The third-order valence-corrected chi connectivity index (χ3v) is 6.00. The molecule has 1 N–H and O–H groups in total. The highest BCUT2D eigenvalue weighted by atomic mass is 16.2. The van der Waals surface area contributed by atoms with Gasteiger partial charge in [0.25, 0.3) is 0 Å². The minimum Gasteiger partial charge on any atom is -0.349 e. The lowest BCUT2D eigenvalue weighted by Gasteiger charge is -2.20. The van der Waals surface area contributed by atoms with Crippen LogP contribution in [0.4, 0.5) is 5.69 Å². The van der Waals surface area contributed by atoms with Crippen LogP contribution in [0.5, 0.6) is 0 Å². The topological polar surface area (TPSA) is 49.4 Å². The van der Waals surface area contributed by atoms with E-state index in [0.717, 1.165) is 29.3 Å². The first-order chi connectivity index (χ1) is 13.7. The zero-order valence-electron chi connectivity index (χ0n) is 15.6. The van der Waals surface area contributed by atoms with E-state index in [-0.39, 0.29) is 30.2 Å². The van der Waals surface area contributed by atoms with Crippen LogP contribution in [-0.4, -0.2) is 18.4 Å². The molecule has 1 aliphatic heterocycles. The Kier molecular flexibility index (Phi) is 4.12. The highest BCUT2D eigenvalue weighted by molar-refractivity contribution is 6.07. The minimum atomic E-state index is -0.306. The van der Waals surface area contributed by atoms with Crippen molar-refractivity contribution < 1.29 is 9.59 Å². The molecular weight excluding hydrogens is 348 g/mol. The van der Waals surface area contributed by atoms with Gasteiger partial charge in [0.15, 0.2) is 0 Å². The van der Waals surface area contributed by atoms with Crippen molar-refractivity contribution >= 4 is 28.3 Å². The largest absolute Gasteiger partial charge is 0.349 e. The van der Waals surface area contributed by atoms with Gasteiger partial charge in [0.2, 0.25) is 11.8 Å². The highest BCUT2D eigenvalue weighted by Crippen LogP contribution is 2.34. The molecule has 2 amide bonds. The quantitative estimate of drug-likeness (QED) is 0.758. The summed E-state index contributed by atoms with van der Waals surface area (Å²) >= 11 is 0. The van der Waals surface area contributed by atoms with Crippen molar-refractivity contribution in [3.63, 3.8) is 0 Å². The molecule has 2 atom stereocenters. The number of fused-ring (bicyclic) bond motifs is 2. The molecule has 28 heavy (non-hydrogen) atoms. The van der Waals surface area contributed by atoms with Gasteiger partial charge >= 0.3 is 0 Å². The van der Waals surface area contributed by atoms with E-state index in [2.05, 4.69) is 17.4 Å². The van der Waals surface area contributed by atoms with Crippen LogP contribution in [-0.2, 0) is 16.0 Å². The van der Waals surface area contributed by atoms with Crippen LogP contribution in [0.2, 0.25) is 0 Å². The number of rotatable bonds is 3. The van der Waals surface area contributed by atoms with Crippen molar-refractivity contribution in [1.29, 1.82) is 0 Å². The Morgan fingerprint density at radius 2 is 1.75 bits per heavy atom. The van der Waals surface area contributed by atoms with E-state index in [9.17, 15) is 9.59 Å². The van der Waals surface area contributed by atoms with Crippen LogP contribution in [0.3, 0.4) is 0 Å². The maximum Gasteiger partial charge on any atom is 0.227 e. The van der Waals surface area contributed by atoms with Crippen LogP contribution in [0, 0.1) is 5.92 Å². The minimum absolute atomic E-state index is 0.0159. The molecule has 0 bridgehead atoms. The molecule has 1 heterocycles. The van der Waals surface area contributed by atoms with E-state index >= 15 is 0 Å². The number of nitrogens with zero attached hydrogens (tertiary/aromatic N) is 1. The SMILES string of the molecule is O=C(N[C@@H]1CCc2ccccc21)[C@H]1CC(=O)N(c2cccc3ccccc23)C1. The Balaban J connectivity index is 1.35. The van der Waals surface area contributed by atoms with Gasteiger partial charge in [-0.3, -0.25) is 9.59 Å². The van der Waals surface area contributed by atoms with Crippen LogP contribution in [0.25, 0.3) is 10.8 Å². The Morgan fingerprint density at radius 1 is 0.964 bits per heavy atom. The molecule has 4 heteroatoms. The Labute approximate surface area is 164 Å². The predicted molar refractivity (Wildman–Crippen MR) is 110 cm³/mol. The number of amides is 2. The summed E-state index contributed by atoms with van der Waals surface area (Å²) in [6.45, 7) is 0.438. The van der Waals surface area contributed by atoms with Crippen molar-refractivity contribution in [2.24, 2.45) is 5.92 Å². The van der Waals surface area contributed by atoms with Gasteiger partial charge in [-0.1, -0.05) is 60.7 Å². The van der Waals surface area contributed by atoms with Crippen molar-refractivity contribution in [3.05, 3.63) is 77.9 Å². The van der Waals surface area contributed by atoms with Gasteiger partial charge in [0, 0.05) is 18.4 Å². The fourth-order valence-electron chi connectivity index (χ4n) is 4.56. The van der Waals surface area contributed by atoms with E-state index in [1.165, 1.54) is 11.1 Å². The summed E-state index contributed by atoms with van der Waals surface area (Å²) in [5.74, 6) is -0.305. The summed E-state index contributed by atoms with van der Waals surface area (Å²) in [5, 5.41) is 5.33. The zero-order chi connectivity index (χ0) is 19.1. The predicted octanol–water partition coefficient (Wildman–Crippen LogP) is 4.00. The number of nitrogens with one attached hydrogen (secondary N) is 1. The molecule has 0 aromatic heterocycles. The van der Waals surface area contributed by atoms with Gasteiger partial charge in [-0.25, -0.2) is 0 Å². The average Bonchev–Trinajstić information content (AvgIpc) is 3.31. The van der Waals surface area contributed by atoms with Crippen LogP contribution in [0.1, 0.15) is 30.0 Å². The molecule has 1 fully saturated rings. The molecule has 4 nitrogen and oxygen atoms in total. The summed E-state index contributed by atoms with van der Waals surface area (Å²) in [6.07, 6.45) is 2.19. The molecule has 1 saturated heterocycles. The third kappa shape index (κ3) is 2.85.